The minimum absolute atomic E-state index is 0.0105. The summed E-state index contributed by atoms with van der Waals surface area (Å²) in [6.07, 6.45) is 4.52. The molecule has 0 saturated carbocycles. The van der Waals surface area contributed by atoms with E-state index in [1.54, 1.807) is 11.9 Å². The summed E-state index contributed by atoms with van der Waals surface area (Å²) in [7, 11) is -1.37. The largest absolute Gasteiger partial charge is 0.481 e. The van der Waals surface area contributed by atoms with Gasteiger partial charge in [-0.15, -0.1) is 11.3 Å². The summed E-state index contributed by atoms with van der Waals surface area (Å²) in [5.41, 5.74) is 0.450. The maximum absolute atomic E-state index is 14.3. The molecule has 6 N–H and O–H groups in total. The number of aliphatic carboxylic acids is 1. The highest BCUT2D eigenvalue weighted by atomic mass is 32.1. The second-order valence-corrected chi connectivity index (χ2v) is 20.5. The normalized spacial score (nSPS) is 17.7. The maximum Gasteiger partial charge on any atom is 0.472 e. The topological polar surface area (TPSA) is 301 Å². The molecular weight excluding hydrogens is 966 g/mol. The zero-order valence-electron chi connectivity index (χ0n) is 41.5. The van der Waals surface area contributed by atoms with Crippen LogP contribution in [-0.2, 0) is 53.8 Å². The number of likely N-dealkylation sites (N-methyl/N-ethyl adjacent to an activating group) is 2. The minimum Gasteiger partial charge on any atom is -0.481 e. The number of imide groups is 1. The molecule has 24 heteroatoms. The molecule has 1 aromatic carbocycles. The summed E-state index contributed by atoms with van der Waals surface area (Å²) < 4.78 is 26.9. The molecule has 0 bridgehead atoms. The van der Waals surface area contributed by atoms with Gasteiger partial charge in [-0.25, -0.2) is 14.1 Å². The molecule has 7 atom stereocenters. The van der Waals surface area contributed by atoms with Crippen LogP contribution in [0.1, 0.15) is 120 Å². The van der Waals surface area contributed by atoms with Crippen LogP contribution in [0.25, 0.3) is 0 Å². The van der Waals surface area contributed by atoms with E-state index >= 15 is 0 Å². The van der Waals surface area contributed by atoms with Crippen molar-refractivity contribution in [2.75, 3.05) is 39.3 Å². The molecule has 1 fully saturated rings. The number of benzene rings is 1. The third-order valence-corrected chi connectivity index (χ3v) is 14.0. The molecule has 3 heterocycles. The van der Waals surface area contributed by atoms with Crippen LogP contribution >= 0.6 is 19.2 Å². The molecule has 0 radical (unpaired) electrons. The van der Waals surface area contributed by atoms with E-state index < -0.39 is 80.3 Å². The molecule has 0 spiro atoms. The van der Waals surface area contributed by atoms with Gasteiger partial charge in [0, 0.05) is 63.0 Å². The summed E-state index contributed by atoms with van der Waals surface area (Å²) in [6, 6.07) is 1.89. The first kappa shape index (κ1) is 58.0. The number of aromatic nitrogens is 1. The lowest BCUT2D eigenvalue weighted by Crippen LogP contribution is -2.58. The second-order valence-electron chi connectivity index (χ2n) is 18.4. The molecule has 2 aromatic rings. The first-order valence-corrected chi connectivity index (χ1v) is 26.0. The summed E-state index contributed by atoms with van der Waals surface area (Å²) in [5, 5.41) is 20.2. The number of thiazole rings is 1. The van der Waals surface area contributed by atoms with Crippen LogP contribution in [0, 0.1) is 17.8 Å². The van der Waals surface area contributed by atoms with E-state index in [4.69, 9.17) is 19.3 Å². The van der Waals surface area contributed by atoms with E-state index in [0.29, 0.717) is 18.4 Å². The Hall–Kier alpha value is -5.58. The van der Waals surface area contributed by atoms with Gasteiger partial charge in [-0.2, -0.15) is 0 Å². The van der Waals surface area contributed by atoms with Gasteiger partial charge in [-0.1, -0.05) is 53.5 Å². The average molecular weight is 1030 g/mol. The van der Waals surface area contributed by atoms with Crippen LogP contribution in [-0.4, -0.2) is 140 Å². The van der Waals surface area contributed by atoms with Crippen LogP contribution < -0.4 is 20.7 Å². The van der Waals surface area contributed by atoms with E-state index in [9.17, 15) is 48.0 Å². The number of nitrogens with zero attached hydrogens (tertiary/aromatic N) is 4. The first-order chi connectivity index (χ1) is 33.4. The quantitative estimate of drug-likeness (QED) is 0.0317. The van der Waals surface area contributed by atoms with Crippen LogP contribution in [0.15, 0.2) is 35.7 Å². The average Bonchev–Trinajstić information content (AvgIpc) is 3.92. The predicted octanol–water partition coefficient (Wildman–Crippen LogP) is 4.18. The van der Waals surface area contributed by atoms with Crippen LogP contribution in [0.2, 0.25) is 0 Å². The van der Waals surface area contributed by atoms with Gasteiger partial charge in [0.1, 0.15) is 22.5 Å². The van der Waals surface area contributed by atoms with Crippen molar-refractivity contribution in [1.82, 2.24) is 30.3 Å². The number of nitrogens with one attached hydrogen (secondary N) is 3. The van der Waals surface area contributed by atoms with Crippen LogP contribution in [0.5, 0.6) is 5.75 Å². The van der Waals surface area contributed by atoms with Gasteiger partial charge in [-0.3, -0.25) is 48.2 Å². The summed E-state index contributed by atoms with van der Waals surface area (Å²) in [4.78, 5) is 131. The molecule has 2 aliphatic rings. The predicted molar refractivity (Wildman–Crippen MR) is 259 cm³/mol. The van der Waals surface area contributed by atoms with Crippen LogP contribution in [0.4, 0.5) is 5.69 Å². The Bertz CT molecular complexity index is 2300. The lowest BCUT2D eigenvalue weighted by molar-refractivity contribution is -0.149. The van der Waals surface area contributed by atoms with Crippen molar-refractivity contribution in [3.8, 4) is 5.75 Å². The Kier molecular flexibility index (Phi) is 21.8. The van der Waals surface area contributed by atoms with E-state index in [1.807, 2.05) is 39.6 Å². The van der Waals surface area contributed by atoms with Gasteiger partial charge in [0.15, 0.2) is 12.9 Å². The number of amides is 6. The lowest BCUT2D eigenvalue weighted by Gasteiger charge is -2.38. The maximum atomic E-state index is 14.3. The number of carbonyl (C=O) groups excluding carboxylic acids is 7. The number of esters is 1. The molecule has 1 unspecified atom stereocenters. The molecule has 6 amide bonds. The van der Waals surface area contributed by atoms with Crippen molar-refractivity contribution < 1.29 is 71.8 Å². The number of anilines is 1. The molecule has 2 aliphatic heterocycles. The summed E-state index contributed by atoms with van der Waals surface area (Å²) in [6.45, 7) is 10.3. The van der Waals surface area contributed by atoms with Gasteiger partial charge < -0.3 is 45.2 Å². The third kappa shape index (κ3) is 17.6. The molecule has 71 heavy (non-hydrogen) atoms. The fraction of sp³-hybridized carbons (Fsp3) is 0.596. The van der Waals surface area contributed by atoms with Crippen molar-refractivity contribution in [1.29, 1.82) is 0 Å². The number of phosphoric ester groups is 1. The highest BCUT2D eigenvalue weighted by molar-refractivity contribution is 7.46. The molecule has 1 aromatic heterocycles. The number of hydrogen-bond acceptors (Lipinski definition) is 15. The Labute approximate surface area is 417 Å². The van der Waals surface area contributed by atoms with Crippen LogP contribution in [0.3, 0.4) is 0 Å². The van der Waals surface area contributed by atoms with Gasteiger partial charge >= 0.3 is 19.8 Å². The number of hydrogen-bond donors (Lipinski definition) is 6. The minimum atomic E-state index is -4.93. The van der Waals surface area contributed by atoms with Gasteiger partial charge in [0.25, 0.3) is 17.7 Å². The molecule has 392 valence electrons. The van der Waals surface area contributed by atoms with Crippen molar-refractivity contribution in [3.05, 3.63) is 52.0 Å². The van der Waals surface area contributed by atoms with E-state index in [2.05, 4.69) is 25.5 Å². The smallest absolute Gasteiger partial charge is 0.472 e. The Morgan fingerprint density at radius 3 is 2.31 bits per heavy atom. The summed E-state index contributed by atoms with van der Waals surface area (Å²) >= 11 is 1.06. The molecule has 4 rings (SSSR count). The zero-order chi connectivity index (χ0) is 52.7. The van der Waals surface area contributed by atoms with Crippen molar-refractivity contribution in [3.63, 3.8) is 0 Å². The first-order valence-electron chi connectivity index (χ1n) is 23.6. The summed E-state index contributed by atoms with van der Waals surface area (Å²) in [5.74, 6) is -5.82. The number of rotatable bonds is 27. The zero-order valence-corrected chi connectivity index (χ0v) is 43.2. The Morgan fingerprint density at radius 1 is 1.01 bits per heavy atom. The molecule has 1 saturated heterocycles. The van der Waals surface area contributed by atoms with E-state index in [-0.39, 0.29) is 90.5 Å². The third-order valence-electron chi connectivity index (χ3n) is 12.6. The van der Waals surface area contributed by atoms with Gasteiger partial charge in [0.2, 0.25) is 17.7 Å². The monoisotopic (exact) mass is 1030 g/mol. The Balaban J connectivity index is 1.54. The van der Waals surface area contributed by atoms with E-state index in [1.165, 1.54) is 37.4 Å². The van der Waals surface area contributed by atoms with Crippen molar-refractivity contribution in [2.24, 2.45) is 17.8 Å². The fourth-order valence-electron chi connectivity index (χ4n) is 8.37. The number of likely N-dealkylation sites (tertiary alicyclic amines) is 1. The fourth-order valence-corrected chi connectivity index (χ4v) is 9.40. The number of carbonyl (C=O) groups is 8. The second kappa shape index (κ2) is 26.7. The number of phosphoric acid groups is 1. The van der Waals surface area contributed by atoms with E-state index in [0.717, 1.165) is 47.8 Å². The van der Waals surface area contributed by atoms with Gasteiger partial charge in [0.05, 0.1) is 17.6 Å². The highest BCUT2D eigenvalue weighted by Gasteiger charge is 2.38. The van der Waals surface area contributed by atoms with Crippen molar-refractivity contribution in [2.45, 2.75) is 130 Å². The Morgan fingerprint density at radius 2 is 1.70 bits per heavy atom. The number of carboxylic acids is 1. The number of ether oxygens (including phenoxy) is 2. The highest BCUT2D eigenvalue weighted by Crippen LogP contribution is 2.37. The lowest BCUT2D eigenvalue weighted by atomic mass is 9.92. The molecule has 22 nitrogen and oxygen atoms in total. The number of piperidine rings is 1. The SMILES string of the molecule is CC[C@H](C)[C@H](NC(=O)[C@H]1CCCCN1C)C(=O)N(C)[C@H](C[C@@H](OC(C)=O)c1nc(C(=O)N[C@@H](Cc2ccc(OCOP(=O)(O)O)c(NC(=O)CCCN3C(=O)C=CC3=O)c2)CC(C)C(=O)O)cs1)C(C)C. The molecule has 0 aliphatic carbocycles. The standard InChI is InChI=1S/C47H68N7O15PS/c1-9-28(4)42(51-44(60)35-13-10-11-19-52(35)7)46(61)53(8)36(27(2)3)24-38(69-30(6)55)45-50-34(25-71-45)43(59)48-32(21-29(5)47(62)63)22-31-15-16-37(67-26-68-70(64,65)66)33(23-31)49-39(56)14-12-20-54-40(57)17-18-41(54)58/h15-18,23,25,27-29,32,35-36,38,42H,9-14,19-22,24,26H2,1-8H3,(H,48,59)(H,49,56)(H,51,60)(H,62,63)(H2,64,65,66)/t28-,29?,32+,35+,36+,38+,42-/m0/s1. The number of carboxylic acid groups (broad SMARTS) is 1. The van der Waals surface area contributed by atoms with Crippen molar-refractivity contribution >= 4 is 72.2 Å². The van der Waals surface area contributed by atoms with Gasteiger partial charge in [-0.05, 0) is 75.2 Å². The molecular formula is C47H68N7O15PS.